The van der Waals surface area contributed by atoms with Crippen molar-refractivity contribution in [3.63, 3.8) is 0 Å². The second-order valence-electron chi connectivity index (χ2n) is 6.04. The van der Waals surface area contributed by atoms with Gasteiger partial charge >= 0.3 is 0 Å². The van der Waals surface area contributed by atoms with E-state index in [1.165, 1.54) is 12.0 Å². The van der Waals surface area contributed by atoms with Crippen molar-refractivity contribution in [2.45, 2.75) is 33.6 Å². The number of allylic oxidation sites excluding steroid dienone is 4. The predicted molar refractivity (Wildman–Crippen MR) is 80.2 cm³/mol. The van der Waals surface area contributed by atoms with Crippen molar-refractivity contribution >= 4 is 5.78 Å². The van der Waals surface area contributed by atoms with Crippen molar-refractivity contribution in [3.8, 4) is 0 Å². The minimum absolute atomic E-state index is 0.0924. The summed E-state index contributed by atoms with van der Waals surface area (Å²) in [5.74, 6) is 0.462. The third-order valence-electron chi connectivity index (χ3n) is 4.09. The number of hydrogen-bond acceptors (Lipinski definition) is 1. The maximum atomic E-state index is 12.1. The van der Waals surface area contributed by atoms with Crippen molar-refractivity contribution in [2.24, 2.45) is 11.3 Å². The maximum Gasteiger partial charge on any atom is 0.185 e. The van der Waals surface area contributed by atoms with Crippen molar-refractivity contribution in [1.29, 1.82) is 0 Å². The molecule has 0 aliphatic heterocycles. The van der Waals surface area contributed by atoms with Crippen LogP contribution in [0.25, 0.3) is 0 Å². The van der Waals surface area contributed by atoms with E-state index in [1.807, 2.05) is 30.3 Å². The molecule has 1 atom stereocenters. The molecule has 100 valence electrons. The summed E-state index contributed by atoms with van der Waals surface area (Å²) >= 11 is 0. The van der Waals surface area contributed by atoms with E-state index in [0.717, 1.165) is 12.0 Å². The monoisotopic (exact) mass is 254 g/mol. The van der Waals surface area contributed by atoms with Crippen LogP contribution < -0.4 is 0 Å². The third kappa shape index (κ3) is 3.23. The second-order valence-corrected chi connectivity index (χ2v) is 6.04. The van der Waals surface area contributed by atoms with Gasteiger partial charge in [-0.25, -0.2) is 0 Å². The Morgan fingerprint density at radius 3 is 2.58 bits per heavy atom. The summed E-state index contributed by atoms with van der Waals surface area (Å²) in [5.41, 5.74) is 2.38. The van der Waals surface area contributed by atoms with Crippen molar-refractivity contribution in [1.82, 2.24) is 0 Å². The second kappa shape index (κ2) is 5.56. The summed E-state index contributed by atoms with van der Waals surface area (Å²) in [4.78, 5) is 12.1. The molecule has 1 unspecified atom stereocenters. The Morgan fingerprint density at radius 1 is 1.26 bits per heavy atom. The molecule has 0 radical (unpaired) electrons. The topological polar surface area (TPSA) is 17.1 Å². The zero-order chi connectivity index (χ0) is 13.9. The van der Waals surface area contributed by atoms with E-state index in [4.69, 9.17) is 0 Å². The molecular formula is C18H22O. The van der Waals surface area contributed by atoms with Gasteiger partial charge in [0.1, 0.15) is 0 Å². The van der Waals surface area contributed by atoms with Crippen LogP contribution in [0.1, 0.15) is 44.0 Å². The van der Waals surface area contributed by atoms with E-state index in [-0.39, 0.29) is 11.2 Å². The molecule has 1 heteroatoms. The number of ketones is 1. The molecule has 0 bridgehead atoms. The molecule has 1 aliphatic carbocycles. The molecule has 0 heterocycles. The summed E-state index contributed by atoms with van der Waals surface area (Å²) < 4.78 is 0. The number of benzene rings is 1. The van der Waals surface area contributed by atoms with Crippen molar-refractivity contribution in [2.75, 3.05) is 0 Å². The SMILES string of the molecule is CC1=CCCC(C)(C)C1/C=C/C(=O)c1ccccc1. The van der Waals surface area contributed by atoms with Gasteiger partial charge in [-0.15, -0.1) is 0 Å². The Labute approximate surface area is 116 Å². The molecule has 1 aromatic rings. The van der Waals surface area contributed by atoms with E-state index in [9.17, 15) is 4.79 Å². The van der Waals surface area contributed by atoms with E-state index in [0.29, 0.717) is 5.92 Å². The molecule has 0 saturated carbocycles. The zero-order valence-corrected chi connectivity index (χ0v) is 12.0. The first kappa shape index (κ1) is 13.8. The van der Waals surface area contributed by atoms with Gasteiger partial charge in [0, 0.05) is 11.5 Å². The molecule has 19 heavy (non-hydrogen) atoms. The average molecular weight is 254 g/mol. The molecule has 0 spiro atoms. The molecule has 1 nitrogen and oxygen atoms in total. The highest BCUT2D eigenvalue weighted by Crippen LogP contribution is 2.41. The molecule has 1 aliphatic rings. The highest BCUT2D eigenvalue weighted by atomic mass is 16.1. The quantitative estimate of drug-likeness (QED) is 0.430. The van der Waals surface area contributed by atoms with Crippen LogP contribution >= 0.6 is 0 Å². The molecular weight excluding hydrogens is 232 g/mol. The molecule has 0 N–H and O–H groups in total. The lowest BCUT2D eigenvalue weighted by Gasteiger charge is -2.36. The normalized spacial score (nSPS) is 22.3. The van der Waals surface area contributed by atoms with Crippen LogP contribution in [-0.2, 0) is 0 Å². The molecule has 0 amide bonds. The van der Waals surface area contributed by atoms with Crippen LogP contribution in [0, 0.1) is 11.3 Å². The molecule has 0 saturated heterocycles. The van der Waals surface area contributed by atoms with E-state index >= 15 is 0 Å². The number of carbonyl (C=O) groups is 1. The van der Waals surface area contributed by atoms with Gasteiger partial charge in [-0.1, -0.05) is 61.9 Å². The number of carbonyl (C=O) groups excluding carboxylic acids is 1. The minimum Gasteiger partial charge on any atom is -0.289 e. The molecule has 0 aromatic heterocycles. The van der Waals surface area contributed by atoms with Crippen LogP contribution in [-0.4, -0.2) is 5.78 Å². The predicted octanol–water partition coefficient (Wildman–Crippen LogP) is 4.81. The zero-order valence-electron chi connectivity index (χ0n) is 12.0. The minimum atomic E-state index is 0.0924. The van der Waals surface area contributed by atoms with Gasteiger partial charge in [0.2, 0.25) is 0 Å². The lowest BCUT2D eigenvalue weighted by Crippen LogP contribution is -2.26. The van der Waals surface area contributed by atoms with E-state index < -0.39 is 0 Å². The fraction of sp³-hybridized carbons (Fsp3) is 0.389. The first-order chi connectivity index (χ1) is 9.00. The lowest BCUT2D eigenvalue weighted by atomic mass is 9.68. The van der Waals surface area contributed by atoms with Gasteiger partial charge in [0.15, 0.2) is 5.78 Å². The highest BCUT2D eigenvalue weighted by molar-refractivity contribution is 6.04. The summed E-state index contributed by atoms with van der Waals surface area (Å²) in [6, 6.07) is 9.45. The van der Waals surface area contributed by atoms with Gasteiger partial charge in [-0.2, -0.15) is 0 Å². The lowest BCUT2D eigenvalue weighted by molar-refractivity contribution is 0.104. The van der Waals surface area contributed by atoms with Crippen LogP contribution in [0.2, 0.25) is 0 Å². The maximum absolute atomic E-state index is 12.1. The third-order valence-corrected chi connectivity index (χ3v) is 4.09. The van der Waals surface area contributed by atoms with Crippen LogP contribution in [0.5, 0.6) is 0 Å². The summed E-state index contributed by atoms with van der Waals surface area (Å²) in [5, 5.41) is 0. The Morgan fingerprint density at radius 2 is 1.95 bits per heavy atom. The first-order valence-electron chi connectivity index (χ1n) is 6.95. The van der Waals surface area contributed by atoms with Crippen molar-refractivity contribution in [3.05, 3.63) is 59.7 Å². The Bertz CT molecular complexity index is 506. The fourth-order valence-electron chi connectivity index (χ4n) is 2.87. The van der Waals surface area contributed by atoms with Crippen LogP contribution in [0.15, 0.2) is 54.1 Å². The van der Waals surface area contributed by atoms with Crippen LogP contribution in [0.3, 0.4) is 0 Å². The largest absolute Gasteiger partial charge is 0.289 e. The van der Waals surface area contributed by atoms with Gasteiger partial charge < -0.3 is 0 Å². The molecule has 0 fully saturated rings. The van der Waals surface area contributed by atoms with E-state index in [2.05, 4.69) is 32.9 Å². The van der Waals surface area contributed by atoms with Crippen molar-refractivity contribution < 1.29 is 4.79 Å². The van der Waals surface area contributed by atoms with Gasteiger partial charge in [0.05, 0.1) is 0 Å². The standard InChI is InChI=1S/C18H22O/c1-14-8-7-13-18(2,3)16(14)11-12-17(19)15-9-5-4-6-10-15/h4-6,8-12,16H,7,13H2,1-3H3/b12-11+. The van der Waals surface area contributed by atoms with E-state index in [1.54, 1.807) is 6.08 Å². The van der Waals surface area contributed by atoms with Gasteiger partial charge in [0.25, 0.3) is 0 Å². The summed E-state index contributed by atoms with van der Waals surface area (Å²) in [7, 11) is 0. The smallest absolute Gasteiger partial charge is 0.185 e. The van der Waals surface area contributed by atoms with Gasteiger partial charge in [-0.05, 0) is 31.3 Å². The Kier molecular flexibility index (Phi) is 4.04. The van der Waals surface area contributed by atoms with Gasteiger partial charge in [-0.3, -0.25) is 4.79 Å². The molecule has 2 rings (SSSR count). The average Bonchev–Trinajstić information content (AvgIpc) is 2.38. The number of rotatable bonds is 3. The highest BCUT2D eigenvalue weighted by Gasteiger charge is 2.30. The molecule has 1 aromatic carbocycles. The summed E-state index contributed by atoms with van der Waals surface area (Å²) in [6.07, 6.45) is 8.45. The Hall–Kier alpha value is -1.63. The summed E-state index contributed by atoms with van der Waals surface area (Å²) in [6.45, 7) is 6.74. The van der Waals surface area contributed by atoms with Crippen LogP contribution in [0.4, 0.5) is 0 Å². The Balaban J connectivity index is 2.16. The first-order valence-corrected chi connectivity index (χ1v) is 6.95. The number of hydrogen-bond donors (Lipinski definition) is 0. The fourth-order valence-corrected chi connectivity index (χ4v) is 2.87.